The lowest BCUT2D eigenvalue weighted by atomic mass is 10.3. The van der Waals surface area contributed by atoms with Gasteiger partial charge in [0.1, 0.15) is 17.0 Å². The first kappa shape index (κ1) is 13.5. The summed E-state index contributed by atoms with van der Waals surface area (Å²) in [5.74, 6) is 5.81. The van der Waals surface area contributed by atoms with Crippen LogP contribution in [0.5, 0.6) is 0 Å². The molecular weight excluding hydrogens is 268 g/mol. The maximum absolute atomic E-state index is 12.2. The zero-order valence-electron chi connectivity index (χ0n) is 10.2. The number of benzene rings is 1. The molecule has 0 fully saturated rings. The predicted octanol–water partition coefficient (Wildman–Crippen LogP) is -0.421. The molecule has 1 aromatic heterocycles. The largest absolute Gasteiger partial charge is 0.323 e. The number of sulfonamides is 1. The Bertz CT molecular complexity index is 666. The molecule has 2 rings (SSSR count). The van der Waals surface area contributed by atoms with Crippen LogP contribution in [0.2, 0.25) is 0 Å². The molecule has 0 saturated carbocycles. The van der Waals surface area contributed by atoms with Crippen LogP contribution in [0.1, 0.15) is 5.82 Å². The fourth-order valence-electron chi connectivity index (χ4n) is 1.52. The Morgan fingerprint density at radius 2 is 2.11 bits per heavy atom. The summed E-state index contributed by atoms with van der Waals surface area (Å²) in [6.07, 6.45) is 1.50. The molecule has 0 spiro atoms. The van der Waals surface area contributed by atoms with Crippen molar-refractivity contribution in [3.63, 3.8) is 0 Å². The molecular formula is C10H14N6O2S. The predicted molar refractivity (Wildman–Crippen MR) is 69.3 cm³/mol. The maximum Gasteiger partial charge on any atom is 0.243 e. The van der Waals surface area contributed by atoms with E-state index >= 15 is 0 Å². The number of hydrogen-bond acceptors (Lipinski definition) is 6. The first-order valence-corrected chi connectivity index (χ1v) is 6.91. The van der Waals surface area contributed by atoms with Gasteiger partial charge in [-0.3, -0.25) is 5.84 Å². The Labute approximate surface area is 110 Å². The van der Waals surface area contributed by atoms with E-state index in [1.807, 2.05) is 0 Å². The summed E-state index contributed by atoms with van der Waals surface area (Å²) >= 11 is 0. The molecule has 0 radical (unpaired) electrons. The number of rotatable bonds is 5. The third kappa shape index (κ3) is 2.89. The number of aromatic nitrogens is 3. The van der Waals surface area contributed by atoms with Crippen molar-refractivity contribution in [3.05, 3.63) is 36.4 Å². The Balaban J connectivity index is 2.21. The SMILES string of the molecule is Cn1cnnc1CNS(=O)(=O)c1ccccc1NN. The van der Waals surface area contributed by atoms with Crippen LogP contribution in [0.3, 0.4) is 0 Å². The molecule has 0 bridgehead atoms. The van der Waals surface area contributed by atoms with Gasteiger partial charge in [-0.15, -0.1) is 10.2 Å². The van der Waals surface area contributed by atoms with E-state index in [0.29, 0.717) is 11.5 Å². The Hall–Kier alpha value is -1.97. The fourth-order valence-corrected chi connectivity index (χ4v) is 2.67. The van der Waals surface area contributed by atoms with Gasteiger partial charge in [0.15, 0.2) is 0 Å². The minimum Gasteiger partial charge on any atom is -0.323 e. The first-order chi connectivity index (χ1) is 9.04. The number of nitrogen functional groups attached to an aromatic ring is 1. The molecule has 19 heavy (non-hydrogen) atoms. The summed E-state index contributed by atoms with van der Waals surface area (Å²) in [4.78, 5) is 0.0830. The van der Waals surface area contributed by atoms with Crippen LogP contribution >= 0.6 is 0 Å². The summed E-state index contributed by atoms with van der Waals surface area (Å²) in [6, 6.07) is 6.36. The van der Waals surface area contributed by atoms with Crippen molar-refractivity contribution in [2.24, 2.45) is 12.9 Å². The second kappa shape index (κ2) is 5.34. The maximum atomic E-state index is 12.2. The molecule has 0 aliphatic rings. The van der Waals surface area contributed by atoms with Crippen molar-refractivity contribution in [3.8, 4) is 0 Å². The first-order valence-electron chi connectivity index (χ1n) is 5.43. The van der Waals surface area contributed by atoms with Gasteiger partial charge >= 0.3 is 0 Å². The van der Waals surface area contributed by atoms with E-state index in [4.69, 9.17) is 5.84 Å². The molecule has 4 N–H and O–H groups in total. The monoisotopic (exact) mass is 282 g/mol. The number of nitrogens with zero attached hydrogens (tertiary/aromatic N) is 3. The van der Waals surface area contributed by atoms with Crippen LogP contribution in [-0.2, 0) is 23.6 Å². The van der Waals surface area contributed by atoms with E-state index in [0.717, 1.165) is 0 Å². The summed E-state index contributed by atoms with van der Waals surface area (Å²) in [6.45, 7) is 0.0533. The van der Waals surface area contributed by atoms with Crippen LogP contribution < -0.4 is 16.0 Å². The molecule has 0 aliphatic heterocycles. The van der Waals surface area contributed by atoms with Gasteiger partial charge in [-0.2, -0.15) is 0 Å². The highest BCUT2D eigenvalue weighted by molar-refractivity contribution is 7.89. The molecule has 0 aliphatic carbocycles. The number of hydrazine groups is 1. The summed E-state index contributed by atoms with van der Waals surface area (Å²) in [7, 11) is -1.93. The molecule has 0 amide bonds. The van der Waals surface area contributed by atoms with E-state index in [1.165, 1.54) is 12.4 Å². The fraction of sp³-hybridized carbons (Fsp3) is 0.200. The summed E-state index contributed by atoms with van der Waals surface area (Å²) in [5, 5.41) is 7.48. The molecule has 9 heteroatoms. The van der Waals surface area contributed by atoms with E-state index in [2.05, 4.69) is 20.3 Å². The normalized spacial score (nSPS) is 11.5. The molecule has 0 saturated heterocycles. The lowest BCUT2D eigenvalue weighted by Gasteiger charge is -2.10. The average Bonchev–Trinajstić information content (AvgIpc) is 2.82. The van der Waals surface area contributed by atoms with E-state index in [9.17, 15) is 8.42 Å². The van der Waals surface area contributed by atoms with Crippen LogP contribution in [-0.4, -0.2) is 23.2 Å². The van der Waals surface area contributed by atoms with Crippen LogP contribution in [0, 0.1) is 0 Å². The highest BCUT2D eigenvalue weighted by atomic mass is 32.2. The number of nitrogens with two attached hydrogens (primary N) is 1. The summed E-state index contributed by atoms with van der Waals surface area (Å²) in [5.41, 5.74) is 2.68. The zero-order chi connectivity index (χ0) is 13.9. The second-order valence-corrected chi connectivity index (χ2v) is 5.56. The standard InChI is InChI=1S/C10H14N6O2S/c1-16-7-12-15-10(16)6-13-19(17,18)9-5-3-2-4-8(9)14-11/h2-5,7,13-14H,6,11H2,1H3. The van der Waals surface area contributed by atoms with Gasteiger partial charge in [-0.25, -0.2) is 13.1 Å². The molecule has 0 unspecified atom stereocenters. The summed E-state index contributed by atoms with van der Waals surface area (Å²) < 4.78 is 28.4. The topological polar surface area (TPSA) is 115 Å². The van der Waals surface area contributed by atoms with Gasteiger partial charge in [0.05, 0.1) is 12.2 Å². The highest BCUT2D eigenvalue weighted by Gasteiger charge is 2.18. The number of para-hydroxylation sites is 1. The van der Waals surface area contributed by atoms with Crippen molar-refractivity contribution in [1.82, 2.24) is 19.5 Å². The van der Waals surface area contributed by atoms with E-state index in [-0.39, 0.29) is 11.4 Å². The molecule has 1 aromatic carbocycles. The second-order valence-electron chi connectivity index (χ2n) is 3.82. The smallest absolute Gasteiger partial charge is 0.243 e. The Morgan fingerprint density at radius 1 is 1.37 bits per heavy atom. The van der Waals surface area contributed by atoms with Gasteiger partial charge < -0.3 is 9.99 Å². The number of aryl methyl sites for hydroxylation is 1. The van der Waals surface area contributed by atoms with Gasteiger partial charge in [0.25, 0.3) is 0 Å². The third-order valence-corrected chi connectivity index (χ3v) is 4.02. The Kier molecular flexibility index (Phi) is 3.79. The van der Waals surface area contributed by atoms with Crippen LogP contribution in [0.25, 0.3) is 0 Å². The van der Waals surface area contributed by atoms with Gasteiger partial charge in [0, 0.05) is 7.05 Å². The molecule has 0 atom stereocenters. The lowest BCUT2D eigenvalue weighted by Crippen LogP contribution is -2.26. The molecule has 1 heterocycles. The number of nitrogens with one attached hydrogen (secondary N) is 2. The van der Waals surface area contributed by atoms with E-state index in [1.54, 1.807) is 29.8 Å². The third-order valence-electron chi connectivity index (χ3n) is 2.56. The molecule has 102 valence electrons. The van der Waals surface area contributed by atoms with Crippen molar-refractivity contribution in [2.75, 3.05) is 5.43 Å². The van der Waals surface area contributed by atoms with Crippen molar-refractivity contribution in [2.45, 2.75) is 11.4 Å². The van der Waals surface area contributed by atoms with Crippen molar-refractivity contribution < 1.29 is 8.42 Å². The zero-order valence-corrected chi connectivity index (χ0v) is 11.1. The quantitative estimate of drug-likeness (QED) is 0.507. The number of anilines is 1. The van der Waals surface area contributed by atoms with Crippen LogP contribution in [0.15, 0.2) is 35.5 Å². The molecule has 2 aromatic rings. The van der Waals surface area contributed by atoms with Gasteiger partial charge in [-0.05, 0) is 12.1 Å². The average molecular weight is 282 g/mol. The number of hydrogen-bond donors (Lipinski definition) is 3. The highest BCUT2D eigenvalue weighted by Crippen LogP contribution is 2.19. The molecule has 8 nitrogen and oxygen atoms in total. The minimum absolute atomic E-state index is 0.0533. The van der Waals surface area contributed by atoms with E-state index < -0.39 is 10.0 Å². The minimum atomic E-state index is -3.67. The van der Waals surface area contributed by atoms with Gasteiger partial charge in [-0.1, -0.05) is 12.1 Å². The van der Waals surface area contributed by atoms with Crippen molar-refractivity contribution >= 4 is 15.7 Å². The lowest BCUT2D eigenvalue weighted by molar-refractivity contribution is 0.577. The Morgan fingerprint density at radius 3 is 2.74 bits per heavy atom. The van der Waals surface area contributed by atoms with Crippen molar-refractivity contribution in [1.29, 1.82) is 0 Å². The van der Waals surface area contributed by atoms with Crippen LogP contribution in [0.4, 0.5) is 5.69 Å². The van der Waals surface area contributed by atoms with Gasteiger partial charge in [0.2, 0.25) is 10.0 Å².